The zero-order chi connectivity index (χ0) is 16.7. The van der Waals surface area contributed by atoms with E-state index in [9.17, 15) is 14.7 Å². The summed E-state index contributed by atoms with van der Waals surface area (Å²) in [6.45, 7) is 4.27. The highest BCUT2D eigenvalue weighted by Gasteiger charge is 2.17. The Morgan fingerprint density at radius 3 is 2.32 bits per heavy atom. The zero-order valence-corrected chi connectivity index (χ0v) is 13.8. The molecule has 0 saturated carbocycles. The SMILES string of the molecule is CCC(CC)C(O)CNC(=O)c1cccc(C(=O)N(C)C)c1. The fourth-order valence-corrected chi connectivity index (χ4v) is 2.35. The van der Waals surface area contributed by atoms with Gasteiger partial charge in [-0.15, -0.1) is 0 Å². The van der Waals surface area contributed by atoms with Gasteiger partial charge in [0.1, 0.15) is 0 Å². The summed E-state index contributed by atoms with van der Waals surface area (Å²) in [5.41, 5.74) is 0.891. The normalized spacial score (nSPS) is 12.1. The van der Waals surface area contributed by atoms with E-state index in [0.29, 0.717) is 11.1 Å². The van der Waals surface area contributed by atoms with Gasteiger partial charge in [-0.1, -0.05) is 32.8 Å². The summed E-state index contributed by atoms with van der Waals surface area (Å²) in [4.78, 5) is 25.5. The molecule has 0 fully saturated rings. The Labute approximate surface area is 132 Å². The van der Waals surface area contributed by atoms with Crippen molar-refractivity contribution >= 4 is 11.8 Å². The first-order valence-corrected chi connectivity index (χ1v) is 7.68. The lowest BCUT2D eigenvalue weighted by Gasteiger charge is -2.20. The summed E-state index contributed by atoms with van der Waals surface area (Å²) < 4.78 is 0. The summed E-state index contributed by atoms with van der Waals surface area (Å²) in [5.74, 6) is -0.243. The summed E-state index contributed by atoms with van der Waals surface area (Å²) >= 11 is 0. The number of amides is 2. The monoisotopic (exact) mass is 306 g/mol. The van der Waals surface area contributed by atoms with Crippen LogP contribution >= 0.6 is 0 Å². The first-order chi connectivity index (χ1) is 10.4. The number of benzene rings is 1. The number of rotatable bonds is 7. The summed E-state index contributed by atoms with van der Waals surface area (Å²) in [5, 5.41) is 12.8. The lowest BCUT2D eigenvalue weighted by atomic mass is 9.96. The van der Waals surface area contributed by atoms with Crippen molar-refractivity contribution in [1.82, 2.24) is 10.2 Å². The van der Waals surface area contributed by atoms with Gasteiger partial charge in [-0.25, -0.2) is 0 Å². The maximum atomic E-state index is 12.1. The van der Waals surface area contributed by atoms with Crippen molar-refractivity contribution in [1.29, 1.82) is 0 Å². The Hall–Kier alpha value is -1.88. The molecule has 0 bridgehead atoms. The van der Waals surface area contributed by atoms with E-state index in [1.54, 1.807) is 38.4 Å². The molecule has 2 amide bonds. The molecule has 1 unspecified atom stereocenters. The second-order valence-electron chi connectivity index (χ2n) is 5.63. The lowest BCUT2D eigenvalue weighted by molar-refractivity contribution is 0.0816. The van der Waals surface area contributed by atoms with Gasteiger partial charge in [-0.3, -0.25) is 9.59 Å². The Morgan fingerprint density at radius 1 is 1.18 bits per heavy atom. The predicted octanol–water partition coefficient (Wildman–Crippen LogP) is 1.92. The quantitative estimate of drug-likeness (QED) is 0.808. The minimum absolute atomic E-state index is 0.147. The van der Waals surface area contributed by atoms with Gasteiger partial charge in [0.05, 0.1) is 6.10 Å². The van der Waals surface area contributed by atoms with Crippen molar-refractivity contribution in [2.24, 2.45) is 5.92 Å². The average molecular weight is 306 g/mol. The minimum Gasteiger partial charge on any atom is -0.391 e. The molecule has 5 heteroatoms. The van der Waals surface area contributed by atoms with E-state index in [0.717, 1.165) is 12.8 Å². The maximum Gasteiger partial charge on any atom is 0.253 e. The van der Waals surface area contributed by atoms with E-state index in [1.165, 1.54) is 4.90 Å². The Morgan fingerprint density at radius 2 is 1.77 bits per heavy atom. The highest BCUT2D eigenvalue weighted by molar-refractivity contribution is 5.99. The van der Waals surface area contributed by atoms with Gasteiger partial charge in [0.15, 0.2) is 0 Å². The van der Waals surface area contributed by atoms with E-state index >= 15 is 0 Å². The van der Waals surface area contributed by atoms with Crippen LogP contribution in [-0.2, 0) is 0 Å². The number of hydrogen-bond acceptors (Lipinski definition) is 3. The lowest BCUT2D eigenvalue weighted by Crippen LogP contribution is -2.36. The van der Waals surface area contributed by atoms with Crippen molar-refractivity contribution < 1.29 is 14.7 Å². The molecule has 2 N–H and O–H groups in total. The van der Waals surface area contributed by atoms with Gasteiger partial charge in [-0.2, -0.15) is 0 Å². The fraction of sp³-hybridized carbons (Fsp3) is 0.529. The van der Waals surface area contributed by atoms with E-state index in [4.69, 9.17) is 0 Å². The number of nitrogens with zero attached hydrogens (tertiary/aromatic N) is 1. The van der Waals surface area contributed by atoms with Crippen molar-refractivity contribution in [3.05, 3.63) is 35.4 Å². The van der Waals surface area contributed by atoms with Crippen LogP contribution in [0.1, 0.15) is 47.4 Å². The second-order valence-corrected chi connectivity index (χ2v) is 5.63. The first kappa shape index (κ1) is 18.2. The van der Waals surface area contributed by atoms with Gasteiger partial charge < -0.3 is 15.3 Å². The van der Waals surface area contributed by atoms with Crippen LogP contribution in [0.25, 0.3) is 0 Å². The molecular weight excluding hydrogens is 280 g/mol. The van der Waals surface area contributed by atoms with E-state index < -0.39 is 6.10 Å². The third-order valence-electron chi connectivity index (χ3n) is 3.84. The number of carbonyl (C=O) groups is 2. The first-order valence-electron chi connectivity index (χ1n) is 7.68. The molecule has 0 radical (unpaired) electrons. The highest BCUT2D eigenvalue weighted by Crippen LogP contribution is 2.13. The molecule has 0 aromatic heterocycles. The van der Waals surface area contributed by atoms with Crippen molar-refractivity contribution in [3.8, 4) is 0 Å². The maximum absolute atomic E-state index is 12.1. The largest absolute Gasteiger partial charge is 0.391 e. The van der Waals surface area contributed by atoms with E-state index in [-0.39, 0.29) is 24.3 Å². The van der Waals surface area contributed by atoms with Gasteiger partial charge in [-0.05, 0) is 24.1 Å². The van der Waals surface area contributed by atoms with Gasteiger partial charge >= 0.3 is 0 Å². The Balaban J connectivity index is 2.70. The predicted molar refractivity (Wildman–Crippen MR) is 86.9 cm³/mol. The van der Waals surface area contributed by atoms with E-state index in [1.807, 2.05) is 13.8 Å². The van der Waals surface area contributed by atoms with Crippen LogP contribution in [0.3, 0.4) is 0 Å². The molecule has 0 aliphatic rings. The van der Waals surface area contributed by atoms with Crippen molar-refractivity contribution in [2.75, 3.05) is 20.6 Å². The molecule has 5 nitrogen and oxygen atoms in total. The van der Waals surface area contributed by atoms with Crippen LogP contribution in [0.5, 0.6) is 0 Å². The standard InChI is InChI=1S/C17H26N2O3/c1-5-12(6-2)15(20)11-18-16(21)13-8-7-9-14(10-13)17(22)19(3)4/h7-10,12,15,20H,5-6,11H2,1-4H3,(H,18,21). The van der Waals surface area contributed by atoms with Crippen LogP contribution < -0.4 is 5.32 Å². The summed E-state index contributed by atoms with van der Waals surface area (Å²) in [7, 11) is 3.34. The minimum atomic E-state index is -0.550. The molecular formula is C17H26N2O3. The van der Waals surface area contributed by atoms with Crippen LogP contribution in [-0.4, -0.2) is 48.6 Å². The van der Waals surface area contributed by atoms with Crippen molar-refractivity contribution in [3.63, 3.8) is 0 Å². The number of aliphatic hydroxyl groups excluding tert-OH is 1. The molecule has 0 spiro atoms. The summed E-state index contributed by atoms with van der Waals surface area (Å²) in [6.07, 6.45) is 1.20. The summed E-state index contributed by atoms with van der Waals surface area (Å²) in [6, 6.07) is 6.59. The molecule has 122 valence electrons. The number of carbonyl (C=O) groups excluding carboxylic acids is 2. The zero-order valence-electron chi connectivity index (χ0n) is 13.8. The number of hydrogen-bond donors (Lipinski definition) is 2. The number of nitrogens with one attached hydrogen (secondary N) is 1. The van der Waals surface area contributed by atoms with Crippen LogP contribution in [0.2, 0.25) is 0 Å². The molecule has 0 heterocycles. The molecule has 1 aromatic carbocycles. The molecule has 1 rings (SSSR count). The number of aliphatic hydroxyl groups is 1. The van der Waals surface area contributed by atoms with Crippen LogP contribution in [0.15, 0.2) is 24.3 Å². The van der Waals surface area contributed by atoms with Crippen LogP contribution in [0, 0.1) is 5.92 Å². The van der Waals surface area contributed by atoms with Crippen molar-refractivity contribution in [2.45, 2.75) is 32.8 Å². The topological polar surface area (TPSA) is 69.6 Å². The Kier molecular flexibility index (Phi) is 7.05. The third kappa shape index (κ3) is 4.84. The van der Waals surface area contributed by atoms with Gasteiger partial charge in [0.25, 0.3) is 11.8 Å². The average Bonchev–Trinajstić information content (AvgIpc) is 2.53. The van der Waals surface area contributed by atoms with Crippen LogP contribution in [0.4, 0.5) is 0 Å². The highest BCUT2D eigenvalue weighted by atomic mass is 16.3. The van der Waals surface area contributed by atoms with Gasteiger partial charge in [0, 0.05) is 31.8 Å². The van der Waals surface area contributed by atoms with Gasteiger partial charge in [0.2, 0.25) is 0 Å². The fourth-order valence-electron chi connectivity index (χ4n) is 2.35. The third-order valence-corrected chi connectivity index (χ3v) is 3.84. The molecule has 0 aliphatic heterocycles. The molecule has 0 saturated heterocycles. The smallest absolute Gasteiger partial charge is 0.253 e. The van der Waals surface area contributed by atoms with E-state index in [2.05, 4.69) is 5.32 Å². The second kappa shape index (κ2) is 8.54. The molecule has 22 heavy (non-hydrogen) atoms. The molecule has 1 atom stereocenters. The molecule has 0 aliphatic carbocycles. The molecule has 1 aromatic rings. The Bertz CT molecular complexity index is 510.